The van der Waals surface area contributed by atoms with Crippen LogP contribution in [0, 0.1) is 84.1 Å². The average Bonchev–Trinajstić information content (AvgIpc) is 2.37. The summed E-state index contributed by atoms with van der Waals surface area (Å²) in [6, 6.07) is 0. The Morgan fingerprint density at radius 1 is 0.440 bits per heavy atom. The molecule has 0 aromatic carbocycles. The number of rotatable bonds is 0. The molecule has 0 bridgehead atoms. The van der Waals surface area contributed by atoms with E-state index in [4.69, 9.17) is 64.9 Å². The van der Waals surface area contributed by atoms with Crippen LogP contribution >= 0.6 is 0 Å². The molecule has 0 atom stereocenters. The van der Waals surface area contributed by atoms with E-state index in [9.17, 15) is 0 Å². The fourth-order valence-electron chi connectivity index (χ4n) is 0.880. The van der Waals surface area contributed by atoms with Gasteiger partial charge in [0.25, 0.3) is 0 Å². The topological polar surface area (TPSA) is 236 Å². The Morgan fingerprint density at radius 3 is 0.600 bits per heavy atom. The van der Waals surface area contributed by atoms with Crippen LogP contribution in [0.2, 0.25) is 0 Å². The first-order chi connectivity index (χ1) is 11.2. The number of ether oxygens (including phenoxy) is 4. The molecular formula is C8H16DyN3O13. The molecule has 1 radical (unpaired) electrons. The molecule has 0 saturated carbocycles. The van der Waals surface area contributed by atoms with Gasteiger partial charge >= 0.3 is 38.2 Å². The van der Waals surface area contributed by atoms with E-state index in [1.54, 1.807) is 0 Å². The summed E-state index contributed by atoms with van der Waals surface area (Å²) >= 11 is 0. The summed E-state index contributed by atoms with van der Waals surface area (Å²) in [4.78, 5) is 24.8. The van der Waals surface area contributed by atoms with Crippen molar-refractivity contribution in [3.63, 3.8) is 0 Å². The smallest absolute Gasteiger partial charge is 0.377 e. The van der Waals surface area contributed by atoms with Crippen molar-refractivity contribution >= 4 is 0 Å². The summed E-state index contributed by atoms with van der Waals surface area (Å²) in [7, 11) is 0. The molecule has 0 aromatic rings. The Morgan fingerprint density at radius 2 is 0.520 bits per heavy atom. The number of nitrogens with zero attached hydrogens (tertiary/aromatic N) is 3. The second kappa shape index (κ2) is 27.6. The zero-order valence-corrected chi connectivity index (χ0v) is 14.7. The van der Waals surface area contributed by atoms with Crippen molar-refractivity contribution in [2.45, 2.75) is 0 Å². The van der Waals surface area contributed by atoms with Gasteiger partial charge in [-0.25, -0.2) is 0 Å². The van der Waals surface area contributed by atoms with Gasteiger partial charge in [0.2, 0.25) is 0 Å². The monoisotopic (exact) mass is 526 g/mol. The summed E-state index contributed by atoms with van der Waals surface area (Å²) in [5.41, 5.74) is 0. The van der Waals surface area contributed by atoms with Gasteiger partial charge in [-0.3, -0.25) is 0 Å². The van der Waals surface area contributed by atoms with Gasteiger partial charge in [-0.1, -0.05) is 0 Å². The summed E-state index contributed by atoms with van der Waals surface area (Å²) in [5.74, 6) is 0. The van der Waals surface area contributed by atoms with Crippen LogP contribution in [0.5, 0.6) is 0 Å². The molecule has 1 rings (SSSR count). The van der Waals surface area contributed by atoms with Gasteiger partial charge in [0.05, 0.1) is 68.1 Å². The van der Waals surface area contributed by atoms with Gasteiger partial charge in [0, 0.05) is 0 Å². The van der Waals surface area contributed by atoms with Crippen LogP contribution in [0.15, 0.2) is 0 Å². The van der Waals surface area contributed by atoms with E-state index in [0.29, 0.717) is 52.9 Å². The van der Waals surface area contributed by atoms with Crippen LogP contribution < -0.4 is 0 Å². The van der Waals surface area contributed by atoms with Crippen molar-refractivity contribution in [3.8, 4) is 0 Å². The van der Waals surface area contributed by atoms with Crippen LogP contribution in [0.3, 0.4) is 0 Å². The normalized spacial score (nSPS) is 14.4. The predicted octanol–water partition coefficient (Wildman–Crippen LogP) is -0.651. The van der Waals surface area contributed by atoms with Crippen molar-refractivity contribution < 1.29 is 72.4 Å². The molecule has 0 unspecified atom stereocenters. The van der Waals surface area contributed by atoms with E-state index in [0.717, 1.165) is 0 Å². The maximum atomic E-state index is 8.25. The second-order valence-corrected chi connectivity index (χ2v) is 3.12. The van der Waals surface area contributed by atoms with Crippen LogP contribution in [0.25, 0.3) is 0 Å². The van der Waals surface area contributed by atoms with E-state index < -0.39 is 15.3 Å². The zero-order chi connectivity index (χ0) is 19.2. The quantitative estimate of drug-likeness (QED) is 0.283. The maximum absolute atomic E-state index is 8.25. The van der Waals surface area contributed by atoms with Gasteiger partial charge in [-0.05, 0) is 0 Å². The van der Waals surface area contributed by atoms with E-state index in [2.05, 4.69) is 0 Å². The molecule has 1 aliphatic heterocycles. The van der Waals surface area contributed by atoms with Gasteiger partial charge in [0.1, 0.15) is 0 Å². The molecule has 17 heteroatoms. The molecule has 1 heterocycles. The molecule has 16 nitrogen and oxygen atoms in total. The van der Waals surface area contributed by atoms with E-state index in [1.807, 2.05) is 0 Å². The first-order valence-corrected chi connectivity index (χ1v) is 5.95. The summed E-state index contributed by atoms with van der Waals surface area (Å²) in [6.45, 7) is 5.14. The van der Waals surface area contributed by atoms with Crippen LogP contribution in [0.1, 0.15) is 0 Å². The van der Waals surface area contributed by atoms with Crippen LogP contribution in [-0.2, 0) is 18.9 Å². The summed E-state index contributed by atoms with van der Waals surface area (Å²) in [5, 5.41) is 44.2. The molecule has 151 valence electrons. The maximum Gasteiger partial charge on any atom is 3.00 e. The summed E-state index contributed by atoms with van der Waals surface area (Å²) in [6.07, 6.45) is 0. The molecule has 0 aliphatic carbocycles. The third-order valence-corrected chi connectivity index (χ3v) is 1.49. The molecule has 0 aromatic heterocycles. The van der Waals surface area contributed by atoms with Gasteiger partial charge in [-0.15, -0.1) is 0 Å². The molecule has 25 heavy (non-hydrogen) atoms. The largest absolute Gasteiger partial charge is 3.00 e. The Labute approximate surface area is 170 Å². The van der Waals surface area contributed by atoms with E-state index in [1.165, 1.54) is 0 Å². The fraction of sp³-hybridized carbons (Fsp3) is 1.00. The average molecular weight is 525 g/mol. The minimum Gasteiger partial charge on any atom is -0.377 e. The van der Waals surface area contributed by atoms with E-state index >= 15 is 0 Å². The van der Waals surface area contributed by atoms with E-state index in [-0.39, 0.29) is 38.2 Å². The van der Waals surface area contributed by atoms with Crippen molar-refractivity contribution in [1.29, 1.82) is 0 Å². The molecule has 1 fully saturated rings. The van der Waals surface area contributed by atoms with Crippen molar-refractivity contribution in [2.24, 2.45) is 0 Å². The third kappa shape index (κ3) is 84.9. The van der Waals surface area contributed by atoms with Crippen molar-refractivity contribution in [3.05, 3.63) is 46.0 Å². The van der Waals surface area contributed by atoms with Crippen LogP contribution in [0.4, 0.5) is 0 Å². The SMILES string of the molecule is C1COCCOCCOCCO1.O=[N+]([O-])[O-].O=[N+]([O-])[O-].O=[N+]([O-])[O-].[Dy+3]. The number of hydrogen-bond acceptors (Lipinski definition) is 13. The Bertz CT molecular complexity index is 238. The van der Waals surface area contributed by atoms with Gasteiger partial charge in [0.15, 0.2) is 0 Å². The fourth-order valence-corrected chi connectivity index (χ4v) is 0.880. The standard InChI is InChI=1S/C8H16O4.Dy.3NO3/c1-2-10-5-6-12-8-7-11-4-3-9-1;;3*2-1(3)4/h1-8H2;;;;/q;+3;3*-1. The van der Waals surface area contributed by atoms with Crippen molar-refractivity contribution in [1.82, 2.24) is 0 Å². The second-order valence-electron chi connectivity index (χ2n) is 3.12. The van der Waals surface area contributed by atoms with Gasteiger partial charge < -0.3 is 64.9 Å². The van der Waals surface area contributed by atoms with Crippen LogP contribution in [-0.4, -0.2) is 68.1 Å². The van der Waals surface area contributed by atoms with Crippen molar-refractivity contribution in [2.75, 3.05) is 52.9 Å². The molecule has 1 aliphatic rings. The Balaban J connectivity index is -0.000000142. The summed E-state index contributed by atoms with van der Waals surface area (Å²) < 4.78 is 20.9. The minimum absolute atomic E-state index is 0. The number of hydrogen-bond donors (Lipinski definition) is 0. The molecular weight excluding hydrogens is 509 g/mol. The van der Waals surface area contributed by atoms with Gasteiger partial charge in [-0.2, -0.15) is 0 Å². The predicted molar refractivity (Wildman–Crippen MR) is 74.4 cm³/mol. The molecule has 0 amide bonds. The Kier molecular flexibility index (Phi) is 34.7. The molecule has 0 N–H and O–H groups in total. The minimum atomic E-state index is -1.75. The Hall–Kier alpha value is -1.29. The zero-order valence-electron chi connectivity index (χ0n) is 12.6. The first-order valence-electron chi connectivity index (χ1n) is 5.95. The molecule has 1 saturated heterocycles. The molecule has 0 spiro atoms. The first kappa shape index (κ1) is 31.5. The third-order valence-electron chi connectivity index (χ3n) is 1.49.